The standard InChI is InChI=1S/C11H13NOS/c1-3-9-12(2)11(14)13-10-7-5-4-6-8-10/h3-8H,1,9H2,2H3. The topological polar surface area (TPSA) is 12.5 Å². The molecule has 1 rings (SSSR count). The van der Waals surface area contributed by atoms with Crippen LogP contribution in [-0.2, 0) is 0 Å². The number of likely N-dealkylation sites (N-methyl/N-ethyl adjacent to an activating group) is 1. The molecule has 74 valence electrons. The minimum atomic E-state index is 0.455. The van der Waals surface area contributed by atoms with Gasteiger partial charge in [-0.05, 0) is 24.4 Å². The molecule has 0 bridgehead atoms. The van der Waals surface area contributed by atoms with E-state index in [1.54, 1.807) is 6.08 Å². The number of nitrogens with zero attached hydrogens (tertiary/aromatic N) is 1. The summed E-state index contributed by atoms with van der Waals surface area (Å²) in [4.78, 5) is 1.81. The average molecular weight is 207 g/mol. The highest BCUT2D eigenvalue weighted by Crippen LogP contribution is 2.09. The minimum Gasteiger partial charge on any atom is -0.432 e. The molecule has 0 N–H and O–H groups in total. The van der Waals surface area contributed by atoms with Crippen LogP contribution in [0.15, 0.2) is 43.0 Å². The number of thiocarbonyl (C=S) groups is 1. The highest BCUT2D eigenvalue weighted by molar-refractivity contribution is 7.80. The summed E-state index contributed by atoms with van der Waals surface area (Å²) in [7, 11) is 1.87. The van der Waals surface area contributed by atoms with Gasteiger partial charge in [0.25, 0.3) is 5.17 Å². The van der Waals surface area contributed by atoms with E-state index >= 15 is 0 Å². The number of para-hydroxylation sites is 1. The van der Waals surface area contributed by atoms with Crippen molar-refractivity contribution in [2.24, 2.45) is 0 Å². The molecule has 0 aliphatic carbocycles. The van der Waals surface area contributed by atoms with E-state index in [9.17, 15) is 0 Å². The van der Waals surface area contributed by atoms with Gasteiger partial charge in [-0.3, -0.25) is 0 Å². The smallest absolute Gasteiger partial charge is 0.264 e. The molecule has 0 amide bonds. The molecule has 2 nitrogen and oxygen atoms in total. The van der Waals surface area contributed by atoms with Gasteiger partial charge >= 0.3 is 0 Å². The SMILES string of the molecule is C=CCN(C)C(=S)Oc1ccccc1. The lowest BCUT2D eigenvalue weighted by molar-refractivity contribution is 0.428. The molecule has 0 heterocycles. The van der Waals surface area contributed by atoms with Gasteiger partial charge in [-0.2, -0.15) is 0 Å². The van der Waals surface area contributed by atoms with Crippen LogP contribution in [0.4, 0.5) is 0 Å². The van der Waals surface area contributed by atoms with Crippen molar-refractivity contribution in [1.82, 2.24) is 4.90 Å². The second-order valence-corrected chi connectivity index (χ2v) is 3.20. The molecule has 1 aromatic rings. The zero-order valence-electron chi connectivity index (χ0n) is 8.14. The van der Waals surface area contributed by atoms with E-state index in [2.05, 4.69) is 6.58 Å². The van der Waals surface area contributed by atoms with Gasteiger partial charge in [0.2, 0.25) is 0 Å². The summed E-state index contributed by atoms with van der Waals surface area (Å²) in [6, 6.07) is 9.49. The molecule has 0 unspecified atom stereocenters. The van der Waals surface area contributed by atoms with Crippen LogP contribution in [-0.4, -0.2) is 23.7 Å². The molecule has 0 saturated heterocycles. The fourth-order valence-corrected chi connectivity index (χ4v) is 1.11. The Kier molecular flexibility index (Phi) is 4.13. The van der Waals surface area contributed by atoms with E-state index in [-0.39, 0.29) is 0 Å². The first-order valence-corrected chi connectivity index (χ1v) is 4.73. The Morgan fingerprint density at radius 1 is 1.50 bits per heavy atom. The van der Waals surface area contributed by atoms with Crippen molar-refractivity contribution < 1.29 is 4.74 Å². The van der Waals surface area contributed by atoms with Crippen molar-refractivity contribution >= 4 is 17.4 Å². The van der Waals surface area contributed by atoms with Crippen molar-refractivity contribution in [3.63, 3.8) is 0 Å². The largest absolute Gasteiger partial charge is 0.432 e. The first-order chi connectivity index (χ1) is 6.74. The fraction of sp³-hybridized carbons (Fsp3) is 0.182. The zero-order valence-corrected chi connectivity index (χ0v) is 8.96. The van der Waals surface area contributed by atoms with Crippen molar-refractivity contribution in [2.45, 2.75) is 0 Å². The summed E-state index contributed by atoms with van der Waals surface area (Å²) in [5.74, 6) is 0.758. The van der Waals surface area contributed by atoms with Crippen LogP contribution in [0.25, 0.3) is 0 Å². The lowest BCUT2D eigenvalue weighted by Crippen LogP contribution is -2.29. The van der Waals surface area contributed by atoms with Gasteiger partial charge in [-0.25, -0.2) is 0 Å². The molecule has 0 aliphatic rings. The molecule has 0 spiro atoms. The maximum Gasteiger partial charge on any atom is 0.264 e. The van der Waals surface area contributed by atoms with Gasteiger partial charge in [-0.1, -0.05) is 24.3 Å². The zero-order chi connectivity index (χ0) is 10.4. The summed E-state index contributed by atoms with van der Waals surface area (Å²) >= 11 is 5.08. The Morgan fingerprint density at radius 3 is 2.71 bits per heavy atom. The highest BCUT2D eigenvalue weighted by atomic mass is 32.1. The Bertz CT molecular complexity index is 310. The molecule has 14 heavy (non-hydrogen) atoms. The quantitative estimate of drug-likeness (QED) is 0.558. The third kappa shape index (κ3) is 3.18. The maximum absolute atomic E-state index is 5.44. The van der Waals surface area contributed by atoms with Crippen LogP contribution in [0.5, 0.6) is 5.75 Å². The highest BCUT2D eigenvalue weighted by Gasteiger charge is 2.03. The Hall–Kier alpha value is -1.35. The van der Waals surface area contributed by atoms with Crippen LogP contribution in [0, 0.1) is 0 Å². The fourth-order valence-electron chi connectivity index (χ4n) is 0.935. The summed E-state index contributed by atoms with van der Waals surface area (Å²) in [5, 5.41) is 0.455. The number of hydrogen-bond donors (Lipinski definition) is 0. The monoisotopic (exact) mass is 207 g/mol. The predicted octanol–water partition coefficient (Wildman–Crippen LogP) is 2.47. The number of rotatable bonds is 3. The second-order valence-electron chi connectivity index (χ2n) is 2.85. The lowest BCUT2D eigenvalue weighted by Gasteiger charge is -2.17. The lowest BCUT2D eigenvalue weighted by atomic mass is 10.3. The van der Waals surface area contributed by atoms with Gasteiger partial charge < -0.3 is 9.64 Å². The van der Waals surface area contributed by atoms with Crippen molar-refractivity contribution in [3.8, 4) is 5.75 Å². The third-order valence-corrected chi connectivity index (χ3v) is 2.06. The van der Waals surface area contributed by atoms with Crippen LogP contribution in [0.2, 0.25) is 0 Å². The number of hydrogen-bond acceptors (Lipinski definition) is 2. The van der Waals surface area contributed by atoms with E-state index in [4.69, 9.17) is 17.0 Å². The number of ether oxygens (including phenoxy) is 1. The first-order valence-electron chi connectivity index (χ1n) is 4.33. The van der Waals surface area contributed by atoms with E-state index in [0.717, 1.165) is 5.75 Å². The van der Waals surface area contributed by atoms with E-state index in [0.29, 0.717) is 11.7 Å². The summed E-state index contributed by atoms with van der Waals surface area (Å²) < 4.78 is 5.44. The molecular weight excluding hydrogens is 194 g/mol. The molecular formula is C11H13NOS. The van der Waals surface area contributed by atoms with Crippen LogP contribution < -0.4 is 4.74 Å². The summed E-state index contributed by atoms with van der Waals surface area (Å²) in [5.41, 5.74) is 0. The minimum absolute atomic E-state index is 0.455. The van der Waals surface area contributed by atoms with Crippen LogP contribution >= 0.6 is 12.2 Å². The first kappa shape index (κ1) is 10.7. The molecule has 0 atom stereocenters. The van der Waals surface area contributed by atoms with Gasteiger partial charge in [0, 0.05) is 13.6 Å². The normalized spacial score (nSPS) is 9.21. The van der Waals surface area contributed by atoms with E-state index in [1.165, 1.54) is 0 Å². The van der Waals surface area contributed by atoms with Gasteiger partial charge in [0.15, 0.2) is 0 Å². The molecule has 0 aliphatic heterocycles. The van der Waals surface area contributed by atoms with Gasteiger partial charge in [0.1, 0.15) is 5.75 Å². The third-order valence-electron chi connectivity index (χ3n) is 1.66. The molecule has 0 aromatic heterocycles. The maximum atomic E-state index is 5.44. The molecule has 3 heteroatoms. The van der Waals surface area contributed by atoms with E-state index < -0.39 is 0 Å². The van der Waals surface area contributed by atoms with Gasteiger partial charge in [0.05, 0.1) is 0 Å². The van der Waals surface area contributed by atoms with Crippen LogP contribution in [0.3, 0.4) is 0 Å². The Labute approximate surface area is 89.8 Å². The second kappa shape index (κ2) is 5.40. The van der Waals surface area contributed by atoms with Crippen LogP contribution in [0.1, 0.15) is 0 Å². The van der Waals surface area contributed by atoms with Crippen molar-refractivity contribution in [1.29, 1.82) is 0 Å². The van der Waals surface area contributed by atoms with Gasteiger partial charge in [-0.15, -0.1) is 6.58 Å². The average Bonchev–Trinajstić information content (AvgIpc) is 2.19. The Balaban J connectivity index is 2.53. The molecule has 0 radical (unpaired) electrons. The van der Waals surface area contributed by atoms with E-state index in [1.807, 2.05) is 42.3 Å². The molecule has 0 fully saturated rings. The number of benzene rings is 1. The van der Waals surface area contributed by atoms with Crippen molar-refractivity contribution in [3.05, 3.63) is 43.0 Å². The summed E-state index contributed by atoms with van der Waals surface area (Å²) in [6.45, 7) is 4.32. The molecule has 0 saturated carbocycles. The predicted molar refractivity (Wildman–Crippen MR) is 62.5 cm³/mol. The molecule has 1 aromatic carbocycles. The summed E-state index contributed by atoms with van der Waals surface area (Å²) in [6.07, 6.45) is 1.78. The van der Waals surface area contributed by atoms with Crippen molar-refractivity contribution in [2.75, 3.05) is 13.6 Å². The Morgan fingerprint density at radius 2 is 2.14 bits per heavy atom.